The molecule has 0 amide bonds. The van der Waals surface area contributed by atoms with Gasteiger partial charge in [0.15, 0.2) is 5.88 Å². The predicted molar refractivity (Wildman–Crippen MR) is 52.5 cm³/mol. The van der Waals surface area contributed by atoms with E-state index in [4.69, 9.17) is 9.52 Å². The van der Waals surface area contributed by atoms with Crippen LogP contribution < -0.4 is 5.32 Å². The van der Waals surface area contributed by atoms with Gasteiger partial charge >= 0.3 is 5.97 Å². The van der Waals surface area contributed by atoms with E-state index in [1.165, 1.54) is 6.07 Å². The van der Waals surface area contributed by atoms with E-state index in [2.05, 4.69) is 5.32 Å². The average molecular weight is 201 g/mol. The number of carbonyl (C=O) groups is 1. The third-order valence-corrected chi connectivity index (χ3v) is 2.03. The van der Waals surface area contributed by atoms with E-state index in [1.54, 1.807) is 17.8 Å². The van der Waals surface area contributed by atoms with Crippen molar-refractivity contribution in [2.75, 3.05) is 23.9 Å². The Balaban J connectivity index is 2.44. The van der Waals surface area contributed by atoms with Gasteiger partial charge in [0, 0.05) is 18.4 Å². The summed E-state index contributed by atoms with van der Waals surface area (Å²) in [4.78, 5) is 10.4. The number of hydrogen-bond donors (Lipinski definition) is 2. The van der Waals surface area contributed by atoms with Crippen LogP contribution in [0.15, 0.2) is 16.5 Å². The highest BCUT2D eigenvalue weighted by atomic mass is 32.2. The van der Waals surface area contributed by atoms with Gasteiger partial charge < -0.3 is 14.8 Å². The predicted octanol–water partition coefficient (Wildman–Crippen LogP) is 1.75. The van der Waals surface area contributed by atoms with E-state index in [0.717, 1.165) is 12.3 Å². The normalized spacial score (nSPS) is 9.92. The summed E-state index contributed by atoms with van der Waals surface area (Å²) in [6.07, 6.45) is 2.01. The van der Waals surface area contributed by atoms with Crippen molar-refractivity contribution in [3.63, 3.8) is 0 Å². The number of nitrogens with one attached hydrogen (secondary N) is 1. The van der Waals surface area contributed by atoms with Gasteiger partial charge in [-0.05, 0) is 12.3 Å². The van der Waals surface area contributed by atoms with E-state index < -0.39 is 5.97 Å². The molecule has 2 N–H and O–H groups in total. The second-order valence-corrected chi connectivity index (χ2v) is 3.37. The van der Waals surface area contributed by atoms with Crippen molar-refractivity contribution in [3.8, 4) is 0 Å². The van der Waals surface area contributed by atoms with Gasteiger partial charge in [0.2, 0.25) is 5.76 Å². The highest BCUT2D eigenvalue weighted by Crippen LogP contribution is 2.12. The SMILES string of the molecule is CSCCNc1ccc(C(=O)O)o1. The zero-order chi connectivity index (χ0) is 9.68. The van der Waals surface area contributed by atoms with Gasteiger partial charge in [0.1, 0.15) is 0 Å². The maximum atomic E-state index is 10.4. The van der Waals surface area contributed by atoms with Crippen LogP contribution in [0.5, 0.6) is 0 Å². The number of thioether (sulfide) groups is 1. The van der Waals surface area contributed by atoms with Crippen LogP contribution in [0.2, 0.25) is 0 Å². The van der Waals surface area contributed by atoms with Crippen LogP contribution in [0.1, 0.15) is 10.6 Å². The highest BCUT2D eigenvalue weighted by molar-refractivity contribution is 7.98. The molecule has 4 nitrogen and oxygen atoms in total. The molecule has 0 atom stereocenters. The maximum absolute atomic E-state index is 10.4. The summed E-state index contributed by atoms with van der Waals surface area (Å²) in [7, 11) is 0. The van der Waals surface area contributed by atoms with Crippen molar-refractivity contribution >= 4 is 23.6 Å². The van der Waals surface area contributed by atoms with E-state index in [0.29, 0.717) is 5.88 Å². The van der Waals surface area contributed by atoms with Crippen molar-refractivity contribution in [3.05, 3.63) is 17.9 Å². The van der Waals surface area contributed by atoms with Crippen molar-refractivity contribution < 1.29 is 14.3 Å². The molecule has 72 valence electrons. The largest absolute Gasteiger partial charge is 0.475 e. The Morgan fingerprint density at radius 2 is 2.46 bits per heavy atom. The lowest BCUT2D eigenvalue weighted by Crippen LogP contribution is -2.02. The Labute approximate surface area is 80.3 Å². The summed E-state index contributed by atoms with van der Waals surface area (Å²) >= 11 is 1.71. The fraction of sp³-hybridized carbons (Fsp3) is 0.375. The first-order valence-electron chi connectivity index (χ1n) is 3.80. The molecule has 0 aliphatic heterocycles. The third kappa shape index (κ3) is 3.02. The molecule has 0 fully saturated rings. The smallest absolute Gasteiger partial charge is 0.371 e. The monoisotopic (exact) mass is 201 g/mol. The number of aromatic carboxylic acids is 1. The molecule has 0 saturated heterocycles. The van der Waals surface area contributed by atoms with Crippen molar-refractivity contribution in [1.29, 1.82) is 0 Å². The first kappa shape index (κ1) is 9.98. The Hall–Kier alpha value is -1.10. The summed E-state index contributed by atoms with van der Waals surface area (Å²) in [5.74, 6) is 0.388. The van der Waals surface area contributed by atoms with Crippen LogP contribution in [0.4, 0.5) is 5.88 Å². The fourth-order valence-corrected chi connectivity index (χ4v) is 1.13. The van der Waals surface area contributed by atoms with Gasteiger partial charge in [-0.25, -0.2) is 4.79 Å². The van der Waals surface area contributed by atoms with Crippen LogP contribution in [0.25, 0.3) is 0 Å². The van der Waals surface area contributed by atoms with Crippen LogP contribution in [0, 0.1) is 0 Å². The minimum absolute atomic E-state index is 0.0355. The summed E-state index contributed by atoms with van der Waals surface area (Å²) in [5.41, 5.74) is 0. The number of furan rings is 1. The van der Waals surface area contributed by atoms with Gasteiger partial charge in [0.05, 0.1) is 0 Å². The van der Waals surface area contributed by atoms with Crippen LogP contribution in [0.3, 0.4) is 0 Å². The first-order valence-corrected chi connectivity index (χ1v) is 5.19. The molecule has 0 radical (unpaired) electrons. The lowest BCUT2D eigenvalue weighted by atomic mass is 10.5. The minimum atomic E-state index is -1.04. The second kappa shape index (κ2) is 4.81. The summed E-state index contributed by atoms with van der Waals surface area (Å²) in [6, 6.07) is 3.05. The van der Waals surface area contributed by atoms with Crippen molar-refractivity contribution in [2.24, 2.45) is 0 Å². The molecule has 1 aromatic heterocycles. The molecule has 1 rings (SSSR count). The average Bonchev–Trinajstić information content (AvgIpc) is 2.53. The Morgan fingerprint density at radius 1 is 1.69 bits per heavy atom. The first-order chi connectivity index (χ1) is 6.24. The minimum Gasteiger partial charge on any atom is -0.475 e. The molecule has 0 aliphatic rings. The van der Waals surface area contributed by atoms with Crippen molar-refractivity contribution in [2.45, 2.75) is 0 Å². The molecule has 0 bridgehead atoms. The lowest BCUT2D eigenvalue weighted by molar-refractivity contribution is 0.0663. The number of carboxylic acid groups (broad SMARTS) is 1. The molecule has 1 aromatic rings. The number of carboxylic acids is 1. The van der Waals surface area contributed by atoms with Gasteiger partial charge in [-0.15, -0.1) is 0 Å². The molecule has 0 spiro atoms. The fourth-order valence-electron chi connectivity index (χ4n) is 0.824. The lowest BCUT2D eigenvalue weighted by Gasteiger charge is -1.99. The van der Waals surface area contributed by atoms with E-state index in [-0.39, 0.29) is 5.76 Å². The zero-order valence-corrected chi connectivity index (χ0v) is 8.06. The second-order valence-electron chi connectivity index (χ2n) is 2.39. The molecule has 0 aliphatic carbocycles. The third-order valence-electron chi connectivity index (χ3n) is 1.42. The Morgan fingerprint density at radius 3 is 3.00 bits per heavy atom. The van der Waals surface area contributed by atoms with Gasteiger partial charge in [0.25, 0.3) is 0 Å². The number of rotatable bonds is 5. The van der Waals surface area contributed by atoms with Gasteiger partial charge in [-0.1, -0.05) is 0 Å². The molecule has 5 heteroatoms. The van der Waals surface area contributed by atoms with Gasteiger partial charge in [-0.3, -0.25) is 0 Å². The summed E-state index contributed by atoms with van der Waals surface area (Å²) in [6.45, 7) is 0.772. The molecule has 1 heterocycles. The van der Waals surface area contributed by atoms with Crippen LogP contribution in [-0.2, 0) is 0 Å². The van der Waals surface area contributed by atoms with Crippen LogP contribution >= 0.6 is 11.8 Å². The van der Waals surface area contributed by atoms with Crippen molar-refractivity contribution in [1.82, 2.24) is 0 Å². The number of anilines is 1. The van der Waals surface area contributed by atoms with Gasteiger partial charge in [-0.2, -0.15) is 11.8 Å². The molecule has 0 unspecified atom stereocenters. The topological polar surface area (TPSA) is 62.5 Å². The number of hydrogen-bond acceptors (Lipinski definition) is 4. The van der Waals surface area contributed by atoms with Crippen LogP contribution in [-0.4, -0.2) is 29.6 Å². The van der Waals surface area contributed by atoms with E-state index in [9.17, 15) is 4.79 Å². The summed E-state index contributed by atoms with van der Waals surface area (Å²) < 4.78 is 4.97. The van der Waals surface area contributed by atoms with E-state index in [1.807, 2.05) is 6.26 Å². The molecule has 13 heavy (non-hydrogen) atoms. The Bertz CT molecular complexity index is 285. The highest BCUT2D eigenvalue weighted by Gasteiger charge is 2.07. The molecular formula is C8H11NO3S. The Kier molecular flexibility index (Phi) is 3.70. The molecule has 0 saturated carbocycles. The zero-order valence-electron chi connectivity index (χ0n) is 7.24. The maximum Gasteiger partial charge on any atom is 0.371 e. The standard InChI is InChI=1S/C8H11NO3S/c1-13-5-4-9-7-3-2-6(12-7)8(10)11/h2-3,9H,4-5H2,1H3,(H,10,11). The quantitative estimate of drug-likeness (QED) is 0.711. The molecule has 0 aromatic carbocycles. The molecular weight excluding hydrogens is 190 g/mol. The summed E-state index contributed by atoms with van der Waals surface area (Å²) in [5, 5.41) is 11.5. The van der Waals surface area contributed by atoms with E-state index >= 15 is 0 Å².